The molecule has 0 aromatic heterocycles. The highest BCUT2D eigenvalue weighted by Gasteiger charge is 2.30. The molecule has 0 aliphatic rings. The summed E-state index contributed by atoms with van der Waals surface area (Å²) in [5.74, 6) is 0.127. The van der Waals surface area contributed by atoms with E-state index in [2.05, 4.69) is 19.2 Å². The fraction of sp³-hybridized carbons (Fsp3) is 0.316. The van der Waals surface area contributed by atoms with E-state index in [0.717, 1.165) is 24.1 Å². The van der Waals surface area contributed by atoms with Crippen LogP contribution in [0.2, 0.25) is 0 Å². The van der Waals surface area contributed by atoms with Crippen molar-refractivity contribution in [1.29, 1.82) is 0 Å². The van der Waals surface area contributed by atoms with E-state index in [1.807, 2.05) is 12.1 Å². The molecule has 152 valence electrons. The molecular weight excluding hydrogens is 393 g/mol. The molecular formula is C19H21F3N2O3S. The lowest BCUT2D eigenvalue weighted by molar-refractivity contribution is -0.121. The maximum absolute atomic E-state index is 12.3. The van der Waals surface area contributed by atoms with Crippen LogP contribution >= 0.6 is 0 Å². The van der Waals surface area contributed by atoms with Crippen molar-refractivity contribution in [2.75, 3.05) is 11.9 Å². The highest BCUT2D eigenvalue weighted by atomic mass is 32.2. The molecule has 0 atom stereocenters. The second-order valence-electron chi connectivity index (χ2n) is 6.71. The van der Waals surface area contributed by atoms with Crippen LogP contribution < -0.4 is 10.0 Å². The second-order valence-corrected chi connectivity index (χ2v) is 8.48. The van der Waals surface area contributed by atoms with Gasteiger partial charge in [0, 0.05) is 11.3 Å². The van der Waals surface area contributed by atoms with E-state index in [1.54, 1.807) is 12.1 Å². The zero-order chi connectivity index (χ0) is 20.9. The number of alkyl halides is 3. The molecule has 9 heteroatoms. The molecule has 0 spiro atoms. The molecule has 0 aliphatic heterocycles. The van der Waals surface area contributed by atoms with Crippen molar-refractivity contribution >= 4 is 21.6 Å². The number of sulfonamides is 1. The zero-order valence-corrected chi connectivity index (χ0v) is 16.2. The minimum atomic E-state index is -4.65. The number of halogens is 3. The Kier molecular flexibility index (Phi) is 6.84. The smallest absolute Gasteiger partial charge is 0.322 e. The number of rotatable bonds is 7. The van der Waals surface area contributed by atoms with Crippen molar-refractivity contribution in [1.82, 2.24) is 4.72 Å². The van der Waals surface area contributed by atoms with Gasteiger partial charge in [-0.15, -0.1) is 0 Å². The van der Waals surface area contributed by atoms with Crippen LogP contribution in [-0.4, -0.2) is 27.0 Å². The Balaban J connectivity index is 2.02. The van der Waals surface area contributed by atoms with Crippen LogP contribution in [0.3, 0.4) is 0 Å². The highest BCUT2D eigenvalue weighted by molar-refractivity contribution is 7.89. The average Bonchev–Trinajstić information content (AvgIpc) is 2.60. The summed E-state index contributed by atoms with van der Waals surface area (Å²) in [6.45, 7) is 2.55. The van der Waals surface area contributed by atoms with Gasteiger partial charge in [0.2, 0.25) is 10.0 Å². The predicted octanol–water partition coefficient (Wildman–Crippen LogP) is 3.98. The van der Waals surface area contributed by atoms with Gasteiger partial charge in [-0.2, -0.15) is 13.2 Å². The molecule has 0 aliphatic carbocycles. The Labute approximate surface area is 162 Å². The van der Waals surface area contributed by atoms with Crippen molar-refractivity contribution in [3.05, 3.63) is 59.7 Å². The van der Waals surface area contributed by atoms with E-state index in [9.17, 15) is 26.4 Å². The molecule has 2 rings (SSSR count). The van der Waals surface area contributed by atoms with Crippen molar-refractivity contribution in [3.63, 3.8) is 0 Å². The van der Waals surface area contributed by atoms with Crippen LogP contribution in [0.1, 0.15) is 29.8 Å². The molecule has 5 nitrogen and oxygen atoms in total. The number of hydrogen-bond donors (Lipinski definition) is 2. The van der Waals surface area contributed by atoms with Gasteiger partial charge in [0.1, 0.15) is 6.54 Å². The molecule has 0 heterocycles. The fourth-order valence-corrected chi connectivity index (χ4v) is 3.46. The summed E-state index contributed by atoms with van der Waals surface area (Å²) in [6.07, 6.45) is -3.74. The van der Waals surface area contributed by atoms with Crippen molar-refractivity contribution in [2.24, 2.45) is 5.92 Å². The van der Waals surface area contributed by atoms with E-state index >= 15 is 0 Å². The van der Waals surface area contributed by atoms with E-state index in [0.29, 0.717) is 17.2 Å². The minimum Gasteiger partial charge on any atom is -0.322 e. The summed E-state index contributed by atoms with van der Waals surface area (Å²) < 4.78 is 61.7. The molecule has 0 unspecified atom stereocenters. The summed E-state index contributed by atoms with van der Waals surface area (Å²) in [5, 5.41) is 2.62. The Hall–Kier alpha value is -2.39. The first-order valence-electron chi connectivity index (χ1n) is 8.53. The Bertz CT molecular complexity index is 907. The van der Waals surface area contributed by atoms with E-state index in [1.165, 1.54) is 16.9 Å². The highest BCUT2D eigenvalue weighted by Crippen LogP contribution is 2.18. The van der Waals surface area contributed by atoms with Crippen molar-refractivity contribution in [2.45, 2.75) is 31.3 Å². The average molecular weight is 414 g/mol. The maximum atomic E-state index is 12.3. The van der Waals surface area contributed by atoms with Crippen LogP contribution in [0.4, 0.5) is 18.9 Å². The van der Waals surface area contributed by atoms with E-state index < -0.39 is 22.7 Å². The van der Waals surface area contributed by atoms with E-state index in [4.69, 9.17) is 0 Å². The third-order valence-corrected chi connectivity index (χ3v) is 5.16. The van der Waals surface area contributed by atoms with Gasteiger partial charge in [-0.25, -0.2) is 13.1 Å². The molecule has 1 amide bonds. The van der Waals surface area contributed by atoms with Crippen LogP contribution in [-0.2, 0) is 16.4 Å². The van der Waals surface area contributed by atoms with Gasteiger partial charge in [-0.05, 0) is 54.3 Å². The molecule has 0 saturated carbocycles. The predicted molar refractivity (Wildman–Crippen MR) is 101 cm³/mol. The third-order valence-electron chi connectivity index (χ3n) is 3.75. The summed E-state index contributed by atoms with van der Waals surface area (Å²) >= 11 is 0. The van der Waals surface area contributed by atoms with Crippen molar-refractivity contribution in [3.8, 4) is 0 Å². The lowest BCUT2D eigenvalue weighted by Gasteiger charge is -2.10. The summed E-state index contributed by atoms with van der Waals surface area (Å²) in [7, 11) is -4.29. The number of benzene rings is 2. The quantitative estimate of drug-likeness (QED) is 0.720. The Morgan fingerprint density at radius 2 is 1.57 bits per heavy atom. The summed E-state index contributed by atoms with van der Waals surface area (Å²) in [6, 6.07) is 12.0. The Morgan fingerprint density at radius 1 is 1.00 bits per heavy atom. The molecule has 28 heavy (non-hydrogen) atoms. The molecule has 0 radical (unpaired) electrons. The monoisotopic (exact) mass is 414 g/mol. The first-order chi connectivity index (χ1) is 13.0. The van der Waals surface area contributed by atoms with Crippen LogP contribution in [0.15, 0.2) is 53.4 Å². The molecule has 0 fully saturated rings. The summed E-state index contributed by atoms with van der Waals surface area (Å²) in [4.78, 5) is 11.9. The standard InChI is InChI=1S/C19H21F3N2O3S/c1-13(2)11-14-3-5-15(6-4-14)18(25)24-16-7-9-17(10-8-16)28(26,27)23-12-19(20,21)22/h3-10,13,23H,11-12H2,1-2H3,(H,24,25). The normalized spacial score (nSPS) is 12.2. The first kappa shape index (κ1) is 21.9. The number of carbonyl (C=O) groups excluding carboxylic acids is 1. The third kappa shape index (κ3) is 6.65. The number of hydrogen-bond acceptors (Lipinski definition) is 3. The lowest BCUT2D eigenvalue weighted by Crippen LogP contribution is -2.33. The minimum absolute atomic E-state index is 0.325. The fourth-order valence-electron chi connectivity index (χ4n) is 2.44. The largest absolute Gasteiger partial charge is 0.402 e. The van der Waals surface area contributed by atoms with Crippen LogP contribution in [0.5, 0.6) is 0 Å². The molecule has 0 saturated heterocycles. The molecule has 2 aromatic carbocycles. The molecule has 2 N–H and O–H groups in total. The lowest BCUT2D eigenvalue weighted by atomic mass is 10.0. The molecule has 2 aromatic rings. The first-order valence-corrected chi connectivity index (χ1v) is 10.0. The second kappa shape index (κ2) is 8.74. The van der Waals surface area contributed by atoms with Crippen LogP contribution in [0.25, 0.3) is 0 Å². The van der Waals surface area contributed by atoms with Crippen LogP contribution in [0, 0.1) is 5.92 Å². The Morgan fingerprint density at radius 3 is 2.07 bits per heavy atom. The van der Waals surface area contributed by atoms with Gasteiger partial charge in [-0.1, -0.05) is 26.0 Å². The number of anilines is 1. The molecule has 0 bridgehead atoms. The zero-order valence-electron chi connectivity index (χ0n) is 15.4. The number of carbonyl (C=O) groups is 1. The number of amides is 1. The number of nitrogens with one attached hydrogen (secondary N) is 2. The summed E-state index contributed by atoms with van der Waals surface area (Å²) in [5.41, 5.74) is 1.88. The topological polar surface area (TPSA) is 75.3 Å². The maximum Gasteiger partial charge on any atom is 0.402 e. The van der Waals surface area contributed by atoms with Gasteiger partial charge in [0.25, 0.3) is 5.91 Å². The van der Waals surface area contributed by atoms with Gasteiger partial charge in [-0.3, -0.25) is 4.79 Å². The van der Waals surface area contributed by atoms with Crippen molar-refractivity contribution < 1.29 is 26.4 Å². The van der Waals surface area contributed by atoms with Gasteiger partial charge >= 0.3 is 6.18 Å². The SMILES string of the molecule is CC(C)Cc1ccc(C(=O)Nc2ccc(S(=O)(=O)NCC(F)(F)F)cc2)cc1. The van der Waals surface area contributed by atoms with Gasteiger partial charge < -0.3 is 5.32 Å². The van der Waals surface area contributed by atoms with Gasteiger partial charge in [0.05, 0.1) is 4.90 Å². The van der Waals surface area contributed by atoms with Gasteiger partial charge in [0.15, 0.2) is 0 Å². The van der Waals surface area contributed by atoms with E-state index in [-0.39, 0.29) is 10.8 Å².